The largest absolute Gasteiger partial charge is 0.501 e. The van der Waals surface area contributed by atoms with E-state index in [4.69, 9.17) is 0 Å². The summed E-state index contributed by atoms with van der Waals surface area (Å²) >= 11 is 0. The SMILES string of the molecule is CN1CCC(Nc2ccc(S(=O)(=O)C(F)(F)F)cc2)CC1=O. The summed E-state index contributed by atoms with van der Waals surface area (Å²) in [6.45, 7) is 0.594. The number of anilines is 1. The summed E-state index contributed by atoms with van der Waals surface area (Å²) in [5, 5.41) is 3.03. The van der Waals surface area contributed by atoms with Crippen molar-refractivity contribution in [3.63, 3.8) is 0 Å². The van der Waals surface area contributed by atoms with Gasteiger partial charge in [-0.3, -0.25) is 4.79 Å². The van der Waals surface area contributed by atoms with E-state index in [9.17, 15) is 26.4 Å². The first-order chi connectivity index (χ1) is 10.1. The Kier molecular flexibility index (Phi) is 4.37. The summed E-state index contributed by atoms with van der Waals surface area (Å²) in [4.78, 5) is 12.4. The number of hydrogen-bond acceptors (Lipinski definition) is 4. The minimum absolute atomic E-state index is 0.0139. The van der Waals surface area contributed by atoms with Crippen LogP contribution in [0.3, 0.4) is 0 Å². The van der Waals surface area contributed by atoms with Crippen LogP contribution in [0.25, 0.3) is 0 Å². The molecular weight excluding hydrogens is 321 g/mol. The average Bonchev–Trinajstić information content (AvgIpc) is 2.42. The number of hydrogen-bond donors (Lipinski definition) is 1. The van der Waals surface area contributed by atoms with Gasteiger partial charge in [-0.1, -0.05) is 0 Å². The van der Waals surface area contributed by atoms with Crippen molar-refractivity contribution in [1.82, 2.24) is 4.90 Å². The van der Waals surface area contributed by atoms with Crippen molar-refractivity contribution in [3.8, 4) is 0 Å². The molecule has 0 aliphatic carbocycles. The Morgan fingerprint density at radius 1 is 1.23 bits per heavy atom. The van der Waals surface area contributed by atoms with Gasteiger partial charge in [0.25, 0.3) is 9.84 Å². The molecule has 1 fully saturated rings. The van der Waals surface area contributed by atoms with Gasteiger partial charge < -0.3 is 10.2 Å². The van der Waals surface area contributed by atoms with Crippen LogP contribution in [0.1, 0.15) is 12.8 Å². The van der Waals surface area contributed by atoms with Gasteiger partial charge in [0, 0.05) is 31.7 Å². The van der Waals surface area contributed by atoms with Crippen LogP contribution in [-0.2, 0) is 14.6 Å². The molecule has 22 heavy (non-hydrogen) atoms. The van der Waals surface area contributed by atoms with Crippen LogP contribution in [0.4, 0.5) is 18.9 Å². The lowest BCUT2D eigenvalue weighted by Gasteiger charge is -2.29. The second-order valence-electron chi connectivity index (χ2n) is 5.12. The number of likely N-dealkylation sites (tertiary alicyclic amines) is 1. The molecule has 1 heterocycles. The van der Waals surface area contributed by atoms with E-state index in [-0.39, 0.29) is 11.9 Å². The zero-order valence-corrected chi connectivity index (χ0v) is 12.5. The van der Waals surface area contributed by atoms with E-state index in [1.807, 2.05) is 0 Å². The molecule has 1 aromatic rings. The Labute approximate surface area is 126 Å². The molecule has 1 saturated heterocycles. The molecule has 0 spiro atoms. The number of rotatable bonds is 3. The van der Waals surface area contributed by atoms with Crippen molar-refractivity contribution in [2.75, 3.05) is 18.9 Å². The molecule has 1 aliphatic heterocycles. The van der Waals surface area contributed by atoms with E-state index in [2.05, 4.69) is 5.32 Å². The molecule has 1 aromatic carbocycles. The number of halogens is 3. The third-order valence-corrected chi connectivity index (χ3v) is 5.00. The highest BCUT2D eigenvalue weighted by molar-refractivity contribution is 7.92. The summed E-state index contributed by atoms with van der Waals surface area (Å²) in [7, 11) is -3.63. The average molecular weight is 336 g/mol. The van der Waals surface area contributed by atoms with Gasteiger partial charge in [0.1, 0.15) is 0 Å². The van der Waals surface area contributed by atoms with Gasteiger partial charge in [-0.25, -0.2) is 8.42 Å². The number of sulfone groups is 1. The molecule has 0 saturated carbocycles. The molecule has 9 heteroatoms. The Hall–Kier alpha value is -1.77. The van der Waals surface area contributed by atoms with Crippen molar-refractivity contribution in [1.29, 1.82) is 0 Å². The first-order valence-electron chi connectivity index (χ1n) is 6.53. The van der Waals surface area contributed by atoms with Crippen LogP contribution in [0.5, 0.6) is 0 Å². The number of nitrogens with zero attached hydrogens (tertiary/aromatic N) is 1. The summed E-state index contributed by atoms with van der Waals surface area (Å²) in [5.74, 6) is -0.0139. The van der Waals surface area contributed by atoms with Gasteiger partial charge in [0.2, 0.25) is 5.91 Å². The van der Waals surface area contributed by atoms with Crippen molar-refractivity contribution >= 4 is 21.4 Å². The summed E-state index contributed by atoms with van der Waals surface area (Å²) in [6.07, 6.45) is 1.00. The Morgan fingerprint density at radius 2 is 1.82 bits per heavy atom. The van der Waals surface area contributed by atoms with Gasteiger partial charge in [0.15, 0.2) is 0 Å². The van der Waals surface area contributed by atoms with E-state index >= 15 is 0 Å². The van der Waals surface area contributed by atoms with Crippen molar-refractivity contribution in [3.05, 3.63) is 24.3 Å². The van der Waals surface area contributed by atoms with Crippen LogP contribution in [-0.4, -0.2) is 44.4 Å². The standard InChI is InChI=1S/C13H15F3N2O3S/c1-18-7-6-10(8-12(18)19)17-9-2-4-11(5-3-9)22(20,21)13(14,15)16/h2-5,10,17H,6-8H2,1H3. The smallest absolute Gasteiger partial charge is 0.382 e. The predicted molar refractivity (Wildman–Crippen MR) is 74.0 cm³/mol. The first-order valence-corrected chi connectivity index (χ1v) is 8.01. The van der Waals surface area contributed by atoms with Crippen molar-refractivity contribution in [2.24, 2.45) is 0 Å². The number of alkyl halides is 3. The molecule has 5 nitrogen and oxygen atoms in total. The van der Waals surface area contributed by atoms with Gasteiger partial charge in [-0.05, 0) is 30.7 Å². The van der Waals surface area contributed by atoms with Crippen LogP contribution in [0.2, 0.25) is 0 Å². The highest BCUT2D eigenvalue weighted by Gasteiger charge is 2.46. The number of carbonyl (C=O) groups is 1. The minimum atomic E-state index is -5.33. The highest BCUT2D eigenvalue weighted by Crippen LogP contribution is 2.30. The molecular formula is C13H15F3N2O3S. The van der Waals surface area contributed by atoms with Gasteiger partial charge >= 0.3 is 5.51 Å². The fourth-order valence-corrected chi connectivity index (χ4v) is 2.93. The minimum Gasteiger partial charge on any atom is -0.382 e. The molecule has 0 radical (unpaired) electrons. The molecule has 1 unspecified atom stereocenters. The fraction of sp³-hybridized carbons (Fsp3) is 0.462. The van der Waals surface area contributed by atoms with Crippen LogP contribution < -0.4 is 5.32 Å². The lowest BCUT2D eigenvalue weighted by atomic mass is 10.0. The maximum atomic E-state index is 12.4. The normalized spacial score (nSPS) is 20.1. The summed E-state index contributed by atoms with van der Waals surface area (Å²) in [5.41, 5.74) is -4.84. The highest BCUT2D eigenvalue weighted by atomic mass is 32.2. The summed E-state index contributed by atoms with van der Waals surface area (Å²) in [6, 6.07) is 4.22. The lowest BCUT2D eigenvalue weighted by molar-refractivity contribution is -0.132. The van der Waals surface area contributed by atoms with E-state index in [0.717, 1.165) is 12.1 Å². The number of carbonyl (C=O) groups excluding carboxylic acids is 1. The molecule has 1 N–H and O–H groups in total. The van der Waals surface area contributed by atoms with Crippen LogP contribution in [0.15, 0.2) is 29.2 Å². The van der Waals surface area contributed by atoms with E-state index in [0.29, 0.717) is 25.1 Å². The molecule has 1 amide bonds. The predicted octanol–water partition coefficient (Wildman–Crippen LogP) is 2.01. The second kappa shape index (κ2) is 5.79. The van der Waals surface area contributed by atoms with Gasteiger partial charge in [-0.2, -0.15) is 13.2 Å². The molecule has 122 valence electrons. The summed E-state index contributed by atoms with van der Waals surface area (Å²) < 4.78 is 59.8. The number of piperidine rings is 1. The Morgan fingerprint density at radius 3 is 2.32 bits per heavy atom. The van der Waals surface area contributed by atoms with E-state index in [1.54, 1.807) is 11.9 Å². The fourth-order valence-electron chi connectivity index (χ4n) is 2.17. The number of benzene rings is 1. The zero-order valence-electron chi connectivity index (χ0n) is 11.7. The third-order valence-electron chi connectivity index (χ3n) is 3.50. The molecule has 2 rings (SSSR count). The van der Waals surface area contributed by atoms with Crippen molar-refractivity contribution in [2.45, 2.75) is 29.3 Å². The molecule has 0 aromatic heterocycles. The Balaban J connectivity index is 2.09. The number of nitrogens with one attached hydrogen (secondary N) is 1. The topological polar surface area (TPSA) is 66.5 Å². The maximum absolute atomic E-state index is 12.4. The van der Waals surface area contributed by atoms with Gasteiger partial charge in [0.05, 0.1) is 4.90 Å². The second-order valence-corrected chi connectivity index (χ2v) is 7.06. The quantitative estimate of drug-likeness (QED) is 0.917. The van der Waals surface area contributed by atoms with Gasteiger partial charge in [-0.15, -0.1) is 0 Å². The number of amides is 1. The molecule has 0 bridgehead atoms. The van der Waals surface area contributed by atoms with Crippen LogP contribution >= 0.6 is 0 Å². The molecule has 1 atom stereocenters. The van der Waals surface area contributed by atoms with E-state index < -0.39 is 20.2 Å². The first kappa shape index (κ1) is 16.6. The lowest BCUT2D eigenvalue weighted by Crippen LogP contribution is -2.40. The third kappa shape index (κ3) is 3.34. The van der Waals surface area contributed by atoms with E-state index in [1.165, 1.54) is 12.1 Å². The zero-order chi connectivity index (χ0) is 16.5. The Bertz CT molecular complexity index is 656. The molecule has 1 aliphatic rings. The van der Waals surface area contributed by atoms with Crippen LogP contribution in [0, 0.1) is 0 Å². The van der Waals surface area contributed by atoms with Crippen molar-refractivity contribution < 1.29 is 26.4 Å². The monoisotopic (exact) mass is 336 g/mol. The maximum Gasteiger partial charge on any atom is 0.501 e.